The number of aliphatic hydroxyl groups is 2. The van der Waals surface area contributed by atoms with Gasteiger partial charge in [-0.3, -0.25) is 13.9 Å². The van der Waals surface area contributed by atoms with Gasteiger partial charge in [0.05, 0.1) is 19.0 Å². The Balaban J connectivity index is 1.66. The molecule has 1 atom stereocenters. The van der Waals surface area contributed by atoms with Crippen LogP contribution in [-0.2, 0) is 20.6 Å². The number of fused-ring (bicyclic) bond motifs is 1. The van der Waals surface area contributed by atoms with Gasteiger partial charge in [-0.05, 0) is 12.8 Å². The Kier molecular flexibility index (Phi) is 8.92. The lowest BCUT2D eigenvalue weighted by molar-refractivity contribution is 0.0860. The molecular weight excluding hydrogens is 360 g/mol. The second-order valence-corrected chi connectivity index (χ2v) is 7.63. The molecule has 2 aromatic rings. The van der Waals surface area contributed by atoms with E-state index < -0.39 is 6.10 Å². The Hall–Kier alpha value is -1.93. The van der Waals surface area contributed by atoms with Gasteiger partial charge in [-0.2, -0.15) is 0 Å². The average Bonchev–Trinajstić information content (AvgIpc) is 3.08. The molecule has 158 valence electrons. The molecule has 2 heterocycles. The second kappa shape index (κ2) is 11.2. The molecule has 0 aliphatic carbocycles. The van der Waals surface area contributed by atoms with Crippen LogP contribution in [0, 0.1) is 0 Å². The highest BCUT2D eigenvalue weighted by molar-refractivity contribution is 5.69. The number of hydrogen-bond acceptors (Lipinski definition) is 5. The maximum atomic E-state index is 12.6. The summed E-state index contributed by atoms with van der Waals surface area (Å²) in [6, 6.07) is 0. The van der Waals surface area contributed by atoms with Crippen molar-refractivity contribution >= 4 is 11.2 Å². The van der Waals surface area contributed by atoms with E-state index in [0.29, 0.717) is 24.1 Å². The van der Waals surface area contributed by atoms with E-state index in [9.17, 15) is 14.7 Å². The molecular formula is C20H34N4O4. The van der Waals surface area contributed by atoms with Gasteiger partial charge in [0.15, 0.2) is 11.2 Å². The van der Waals surface area contributed by atoms with Crippen molar-refractivity contribution in [1.82, 2.24) is 18.7 Å². The fourth-order valence-corrected chi connectivity index (χ4v) is 3.57. The highest BCUT2D eigenvalue weighted by Crippen LogP contribution is 2.12. The predicted octanol–water partition coefficient (Wildman–Crippen LogP) is 1.69. The van der Waals surface area contributed by atoms with Gasteiger partial charge in [0.25, 0.3) is 5.56 Å². The fourth-order valence-electron chi connectivity index (χ4n) is 3.57. The number of nitrogens with zero attached hydrogens (tertiary/aromatic N) is 4. The summed E-state index contributed by atoms with van der Waals surface area (Å²) in [6.45, 7) is 0.300. The van der Waals surface area contributed by atoms with Crippen LogP contribution in [0.3, 0.4) is 0 Å². The van der Waals surface area contributed by atoms with Crippen molar-refractivity contribution in [2.45, 2.75) is 76.9 Å². The van der Waals surface area contributed by atoms with Crippen LogP contribution in [-0.4, -0.2) is 41.6 Å². The number of imidazole rings is 1. The lowest BCUT2D eigenvalue weighted by Crippen LogP contribution is -2.39. The van der Waals surface area contributed by atoms with Crippen LogP contribution in [0.5, 0.6) is 0 Å². The molecule has 0 aliphatic rings. The third-order valence-electron chi connectivity index (χ3n) is 5.33. The van der Waals surface area contributed by atoms with E-state index in [1.165, 1.54) is 22.0 Å². The molecule has 28 heavy (non-hydrogen) atoms. The molecule has 0 saturated carbocycles. The monoisotopic (exact) mass is 394 g/mol. The van der Waals surface area contributed by atoms with E-state index in [1.807, 2.05) is 0 Å². The summed E-state index contributed by atoms with van der Waals surface area (Å²) in [5.41, 5.74) is 0.333. The number of hydrogen-bond donors (Lipinski definition) is 2. The topological polar surface area (TPSA) is 102 Å². The first-order chi connectivity index (χ1) is 13.5. The summed E-state index contributed by atoms with van der Waals surface area (Å²) in [6.07, 6.45) is 11.4. The molecule has 0 fully saturated rings. The van der Waals surface area contributed by atoms with Crippen LogP contribution < -0.4 is 11.2 Å². The molecule has 2 aromatic heterocycles. The van der Waals surface area contributed by atoms with E-state index >= 15 is 0 Å². The quantitative estimate of drug-likeness (QED) is 0.503. The van der Waals surface area contributed by atoms with Crippen molar-refractivity contribution in [3.8, 4) is 0 Å². The summed E-state index contributed by atoms with van der Waals surface area (Å²) >= 11 is 0. The summed E-state index contributed by atoms with van der Waals surface area (Å²) < 4.78 is 4.43. The van der Waals surface area contributed by atoms with Crippen molar-refractivity contribution in [2.24, 2.45) is 14.1 Å². The molecule has 2 rings (SSSR count). The Morgan fingerprint density at radius 3 is 2.14 bits per heavy atom. The molecule has 0 aliphatic heterocycles. The normalized spacial score (nSPS) is 12.7. The number of aromatic nitrogens is 4. The van der Waals surface area contributed by atoms with Gasteiger partial charge < -0.3 is 14.8 Å². The zero-order chi connectivity index (χ0) is 20.5. The fraction of sp³-hybridized carbons (Fsp3) is 0.750. The zero-order valence-corrected chi connectivity index (χ0v) is 17.1. The first kappa shape index (κ1) is 22.4. The summed E-state index contributed by atoms with van der Waals surface area (Å²) in [7, 11) is 3.42. The number of rotatable bonds is 13. The summed E-state index contributed by atoms with van der Waals surface area (Å²) in [5.74, 6) is 0. The third-order valence-corrected chi connectivity index (χ3v) is 5.33. The first-order valence-electron chi connectivity index (χ1n) is 10.4. The van der Waals surface area contributed by atoms with Gasteiger partial charge in [0.1, 0.15) is 0 Å². The van der Waals surface area contributed by atoms with Crippen LogP contribution >= 0.6 is 0 Å². The van der Waals surface area contributed by atoms with E-state index in [-0.39, 0.29) is 17.9 Å². The number of aliphatic hydroxyl groups excluding tert-OH is 2. The molecule has 0 saturated heterocycles. The summed E-state index contributed by atoms with van der Waals surface area (Å²) in [5, 5.41) is 18.0. The second-order valence-electron chi connectivity index (χ2n) is 7.63. The lowest BCUT2D eigenvalue weighted by Gasteiger charge is -2.08. The molecule has 8 heteroatoms. The van der Waals surface area contributed by atoms with Gasteiger partial charge in [-0.15, -0.1) is 0 Å². The molecule has 0 spiro atoms. The van der Waals surface area contributed by atoms with Crippen LogP contribution in [0.1, 0.15) is 64.2 Å². The standard InChI is InChI=1S/C20H34N4O4/c1-22-15-21-18-17(22)19(27)24(20(28)23(18)2)13-11-9-7-5-3-4-6-8-10-12-16(26)14-25/h15-16,25-26H,3-14H2,1-2H3. The number of aryl methyl sites for hydroxylation is 2. The van der Waals surface area contributed by atoms with Crippen molar-refractivity contribution in [2.75, 3.05) is 6.61 Å². The SMILES string of the molecule is Cn1cnc2c1c(=O)n(CCCCCCCCCCCC(O)CO)c(=O)n2C. The third kappa shape index (κ3) is 5.78. The largest absolute Gasteiger partial charge is 0.394 e. The van der Waals surface area contributed by atoms with E-state index in [4.69, 9.17) is 5.11 Å². The van der Waals surface area contributed by atoms with Crippen molar-refractivity contribution < 1.29 is 10.2 Å². The van der Waals surface area contributed by atoms with Crippen molar-refractivity contribution in [3.05, 3.63) is 27.2 Å². The highest BCUT2D eigenvalue weighted by Gasteiger charge is 2.14. The van der Waals surface area contributed by atoms with E-state index in [1.54, 1.807) is 25.0 Å². The molecule has 1 unspecified atom stereocenters. The predicted molar refractivity (Wildman–Crippen MR) is 109 cm³/mol. The van der Waals surface area contributed by atoms with Crippen molar-refractivity contribution in [3.63, 3.8) is 0 Å². The highest BCUT2D eigenvalue weighted by atomic mass is 16.3. The van der Waals surface area contributed by atoms with Crippen LogP contribution in [0.25, 0.3) is 11.2 Å². The van der Waals surface area contributed by atoms with Gasteiger partial charge in [0, 0.05) is 20.6 Å². The lowest BCUT2D eigenvalue weighted by atomic mass is 10.1. The molecule has 0 amide bonds. The van der Waals surface area contributed by atoms with Crippen molar-refractivity contribution in [1.29, 1.82) is 0 Å². The van der Waals surface area contributed by atoms with E-state index in [0.717, 1.165) is 44.9 Å². The average molecular weight is 395 g/mol. The molecule has 0 bridgehead atoms. The van der Waals surface area contributed by atoms with Gasteiger partial charge in [0.2, 0.25) is 0 Å². The van der Waals surface area contributed by atoms with Crippen LogP contribution in [0.4, 0.5) is 0 Å². The molecule has 0 aromatic carbocycles. The Morgan fingerprint density at radius 1 is 0.964 bits per heavy atom. The Labute approximate surface area is 165 Å². The summed E-state index contributed by atoms with van der Waals surface area (Å²) in [4.78, 5) is 29.1. The molecule has 8 nitrogen and oxygen atoms in total. The van der Waals surface area contributed by atoms with Gasteiger partial charge in [-0.25, -0.2) is 9.78 Å². The molecule has 0 radical (unpaired) electrons. The van der Waals surface area contributed by atoms with Crippen LogP contribution in [0.15, 0.2) is 15.9 Å². The Bertz CT molecular complexity index is 852. The van der Waals surface area contributed by atoms with Gasteiger partial charge in [-0.1, -0.05) is 51.4 Å². The number of unbranched alkanes of at least 4 members (excludes halogenated alkanes) is 8. The molecule has 2 N–H and O–H groups in total. The maximum Gasteiger partial charge on any atom is 0.332 e. The van der Waals surface area contributed by atoms with E-state index in [2.05, 4.69) is 4.98 Å². The zero-order valence-electron chi connectivity index (χ0n) is 17.1. The minimum atomic E-state index is -0.567. The minimum Gasteiger partial charge on any atom is -0.394 e. The van der Waals surface area contributed by atoms with Crippen LogP contribution in [0.2, 0.25) is 0 Å². The first-order valence-corrected chi connectivity index (χ1v) is 10.4. The Morgan fingerprint density at radius 2 is 1.54 bits per heavy atom. The maximum absolute atomic E-state index is 12.6. The van der Waals surface area contributed by atoms with Gasteiger partial charge >= 0.3 is 5.69 Å². The smallest absolute Gasteiger partial charge is 0.332 e. The minimum absolute atomic E-state index is 0.145.